The standard InChI is InChI=1S/C9H15N5S/c1-14(2)5-3-4-12-9-7(6-10)8(11)13-15-9/h12H,3-5H2,1-2H3,(H2,11,13). The molecule has 0 saturated heterocycles. The van der Waals surface area contributed by atoms with Crippen LogP contribution in [0.1, 0.15) is 12.0 Å². The van der Waals surface area contributed by atoms with Crippen molar-refractivity contribution in [3.63, 3.8) is 0 Å². The molecule has 0 fully saturated rings. The van der Waals surface area contributed by atoms with E-state index < -0.39 is 0 Å². The summed E-state index contributed by atoms with van der Waals surface area (Å²) < 4.78 is 3.93. The molecule has 0 aliphatic carbocycles. The highest BCUT2D eigenvalue weighted by Crippen LogP contribution is 2.25. The van der Waals surface area contributed by atoms with E-state index in [1.54, 1.807) is 0 Å². The summed E-state index contributed by atoms with van der Waals surface area (Å²) in [6.45, 7) is 1.84. The molecule has 0 bridgehead atoms. The summed E-state index contributed by atoms with van der Waals surface area (Å²) in [7, 11) is 4.07. The monoisotopic (exact) mass is 225 g/mol. The summed E-state index contributed by atoms with van der Waals surface area (Å²) in [4.78, 5) is 2.12. The molecule has 0 spiro atoms. The van der Waals surface area contributed by atoms with E-state index in [2.05, 4.69) is 14.6 Å². The normalized spacial score (nSPS) is 10.3. The van der Waals surface area contributed by atoms with Gasteiger partial charge in [-0.05, 0) is 38.6 Å². The van der Waals surface area contributed by atoms with Crippen LogP contribution in [0.4, 0.5) is 10.8 Å². The van der Waals surface area contributed by atoms with Gasteiger partial charge in [0.25, 0.3) is 0 Å². The minimum atomic E-state index is 0.317. The Hall–Kier alpha value is -1.32. The number of anilines is 2. The largest absolute Gasteiger partial charge is 0.382 e. The highest BCUT2D eigenvalue weighted by atomic mass is 32.1. The zero-order chi connectivity index (χ0) is 11.3. The lowest BCUT2D eigenvalue weighted by molar-refractivity contribution is 0.405. The van der Waals surface area contributed by atoms with Gasteiger partial charge >= 0.3 is 0 Å². The van der Waals surface area contributed by atoms with Crippen molar-refractivity contribution >= 4 is 22.4 Å². The molecule has 3 N–H and O–H groups in total. The van der Waals surface area contributed by atoms with Gasteiger partial charge in [-0.15, -0.1) is 0 Å². The number of nitriles is 1. The second kappa shape index (κ2) is 5.53. The molecule has 1 aromatic heterocycles. The van der Waals surface area contributed by atoms with E-state index in [0.717, 1.165) is 24.5 Å². The first-order valence-electron chi connectivity index (χ1n) is 4.69. The Balaban J connectivity index is 2.41. The van der Waals surface area contributed by atoms with Crippen LogP contribution in [0.5, 0.6) is 0 Å². The fraction of sp³-hybridized carbons (Fsp3) is 0.556. The summed E-state index contributed by atoms with van der Waals surface area (Å²) in [5.41, 5.74) is 6.00. The minimum absolute atomic E-state index is 0.317. The summed E-state index contributed by atoms with van der Waals surface area (Å²) in [5, 5.41) is 12.8. The molecule has 1 rings (SSSR count). The van der Waals surface area contributed by atoms with E-state index in [-0.39, 0.29) is 0 Å². The zero-order valence-corrected chi connectivity index (χ0v) is 9.77. The van der Waals surface area contributed by atoms with Crippen molar-refractivity contribution in [3.8, 4) is 6.07 Å². The van der Waals surface area contributed by atoms with Gasteiger partial charge in [0.05, 0.1) is 0 Å². The van der Waals surface area contributed by atoms with Crippen LogP contribution in [0.25, 0.3) is 0 Å². The van der Waals surface area contributed by atoms with E-state index in [4.69, 9.17) is 11.0 Å². The van der Waals surface area contributed by atoms with Crippen molar-refractivity contribution in [1.82, 2.24) is 9.27 Å². The molecular formula is C9H15N5S. The molecule has 1 aromatic rings. The first-order valence-corrected chi connectivity index (χ1v) is 5.46. The quantitative estimate of drug-likeness (QED) is 0.730. The number of hydrogen-bond donors (Lipinski definition) is 2. The van der Waals surface area contributed by atoms with Gasteiger partial charge in [-0.25, -0.2) is 0 Å². The molecule has 0 aliphatic heterocycles. The summed E-state index contributed by atoms with van der Waals surface area (Å²) in [6.07, 6.45) is 1.02. The third-order valence-corrected chi connectivity index (χ3v) is 2.72. The van der Waals surface area contributed by atoms with E-state index in [1.807, 2.05) is 20.2 Å². The molecule has 0 amide bonds. The van der Waals surface area contributed by atoms with Gasteiger partial charge in [0.1, 0.15) is 16.6 Å². The van der Waals surface area contributed by atoms with Crippen LogP contribution in [-0.2, 0) is 0 Å². The van der Waals surface area contributed by atoms with Gasteiger partial charge in [-0.3, -0.25) is 0 Å². The fourth-order valence-corrected chi connectivity index (χ4v) is 1.82. The lowest BCUT2D eigenvalue weighted by Gasteiger charge is -2.09. The maximum Gasteiger partial charge on any atom is 0.157 e. The number of rotatable bonds is 5. The molecule has 82 valence electrons. The summed E-state index contributed by atoms with van der Waals surface area (Å²) in [5.74, 6) is 0.317. The van der Waals surface area contributed by atoms with E-state index >= 15 is 0 Å². The molecule has 0 unspecified atom stereocenters. The van der Waals surface area contributed by atoms with Gasteiger partial charge in [0, 0.05) is 6.54 Å². The van der Waals surface area contributed by atoms with E-state index in [0.29, 0.717) is 11.4 Å². The zero-order valence-electron chi connectivity index (χ0n) is 8.95. The smallest absolute Gasteiger partial charge is 0.157 e. The predicted octanol–water partition coefficient (Wildman–Crippen LogP) is 0.961. The van der Waals surface area contributed by atoms with Crippen molar-refractivity contribution in [1.29, 1.82) is 5.26 Å². The average Bonchev–Trinajstić information content (AvgIpc) is 2.53. The van der Waals surface area contributed by atoms with Crippen LogP contribution < -0.4 is 11.1 Å². The Morgan fingerprint density at radius 1 is 1.60 bits per heavy atom. The fourth-order valence-electron chi connectivity index (χ4n) is 1.13. The first-order chi connectivity index (χ1) is 7.15. The molecular weight excluding hydrogens is 210 g/mol. The molecule has 15 heavy (non-hydrogen) atoms. The Kier molecular flexibility index (Phi) is 4.34. The third kappa shape index (κ3) is 3.38. The number of nitrogens with zero attached hydrogens (tertiary/aromatic N) is 3. The molecule has 1 heterocycles. The van der Waals surface area contributed by atoms with Gasteiger partial charge in [0.2, 0.25) is 0 Å². The second-order valence-corrected chi connectivity index (χ2v) is 4.24. The highest BCUT2D eigenvalue weighted by molar-refractivity contribution is 7.10. The number of nitrogen functional groups attached to an aromatic ring is 1. The van der Waals surface area contributed by atoms with Crippen LogP contribution in [0.2, 0.25) is 0 Å². The highest BCUT2D eigenvalue weighted by Gasteiger charge is 2.09. The molecule has 5 nitrogen and oxygen atoms in total. The van der Waals surface area contributed by atoms with Crippen LogP contribution >= 0.6 is 11.5 Å². The summed E-state index contributed by atoms with van der Waals surface area (Å²) >= 11 is 1.24. The van der Waals surface area contributed by atoms with Crippen LogP contribution in [0.3, 0.4) is 0 Å². The van der Waals surface area contributed by atoms with Crippen molar-refractivity contribution < 1.29 is 0 Å². The molecule has 6 heteroatoms. The van der Waals surface area contributed by atoms with Crippen LogP contribution in [0, 0.1) is 11.3 Å². The molecule has 0 saturated carbocycles. The minimum Gasteiger partial charge on any atom is -0.382 e. The predicted molar refractivity (Wildman–Crippen MR) is 62.9 cm³/mol. The second-order valence-electron chi connectivity index (χ2n) is 3.47. The Morgan fingerprint density at radius 3 is 2.93 bits per heavy atom. The van der Waals surface area contributed by atoms with Crippen LogP contribution in [-0.4, -0.2) is 36.5 Å². The maximum absolute atomic E-state index is 8.82. The topological polar surface area (TPSA) is 78.0 Å². The molecule has 0 atom stereocenters. The third-order valence-electron chi connectivity index (χ3n) is 1.90. The Bertz CT molecular complexity index is 352. The first kappa shape index (κ1) is 11.8. The van der Waals surface area contributed by atoms with Gasteiger partial charge in [-0.2, -0.15) is 9.64 Å². The number of nitrogens with two attached hydrogens (primary N) is 1. The van der Waals surface area contributed by atoms with Crippen molar-refractivity contribution in [3.05, 3.63) is 5.56 Å². The lowest BCUT2D eigenvalue weighted by Crippen LogP contribution is -2.16. The summed E-state index contributed by atoms with van der Waals surface area (Å²) in [6, 6.07) is 2.04. The van der Waals surface area contributed by atoms with Crippen molar-refractivity contribution in [2.24, 2.45) is 0 Å². The average molecular weight is 225 g/mol. The van der Waals surface area contributed by atoms with Crippen molar-refractivity contribution in [2.45, 2.75) is 6.42 Å². The molecule has 0 aliphatic rings. The van der Waals surface area contributed by atoms with Gasteiger partial charge in [0.15, 0.2) is 5.82 Å². The van der Waals surface area contributed by atoms with Gasteiger partial charge < -0.3 is 16.0 Å². The van der Waals surface area contributed by atoms with Crippen LogP contribution in [0.15, 0.2) is 0 Å². The van der Waals surface area contributed by atoms with E-state index in [9.17, 15) is 0 Å². The number of nitrogens with one attached hydrogen (secondary N) is 1. The molecule has 0 aromatic carbocycles. The maximum atomic E-state index is 8.82. The SMILES string of the molecule is CN(C)CCCNc1snc(N)c1C#N. The number of aromatic nitrogens is 1. The molecule has 0 radical (unpaired) electrons. The number of hydrogen-bond acceptors (Lipinski definition) is 6. The van der Waals surface area contributed by atoms with Gasteiger partial charge in [-0.1, -0.05) is 0 Å². The Morgan fingerprint density at radius 2 is 2.33 bits per heavy atom. The Labute approximate surface area is 93.7 Å². The lowest BCUT2D eigenvalue weighted by atomic mass is 10.3. The van der Waals surface area contributed by atoms with E-state index in [1.165, 1.54) is 11.5 Å². The van der Waals surface area contributed by atoms with Crippen molar-refractivity contribution in [2.75, 3.05) is 38.2 Å².